The lowest BCUT2D eigenvalue weighted by Gasteiger charge is -2.24. The molecule has 0 aliphatic heterocycles. The number of nitrogens with zero attached hydrogens (tertiary/aromatic N) is 1. The van der Waals surface area contributed by atoms with Gasteiger partial charge in [-0.1, -0.05) is 24.3 Å². The minimum atomic E-state index is -0.0174. The van der Waals surface area contributed by atoms with Gasteiger partial charge < -0.3 is 0 Å². The van der Waals surface area contributed by atoms with Crippen LogP contribution in [0.5, 0.6) is 0 Å². The molecule has 1 saturated carbocycles. The third kappa shape index (κ3) is 1.28. The van der Waals surface area contributed by atoms with E-state index in [0.717, 1.165) is 6.42 Å². The van der Waals surface area contributed by atoms with Gasteiger partial charge in [0.1, 0.15) is 0 Å². The Morgan fingerprint density at radius 3 is 2.75 bits per heavy atom. The predicted molar refractivity (Wildman–Crippen MR) is 53.4 cm³/mol. The van der Waals surface area contributed by atoms with Crippen LogP contribution >= 0.6 is 12.2 Å². The highest BCUT2D eigenvalue weighted by molar-refractivity contribution is 7.78. The molecule has 1 nitrogen and oxygen atoms in total. The van der Waals surface area contributed by atoms with Crippen LogP contribution in [0.25, 0.3) is 0 Å². The van der Waals surface area contributed by atoms with Crippen LogP contribution in [-0.4, -0.2) is 10.7 Å². The maximum Gasteiger partial charge on any atom is 0.0955 e. The van der Waals surface area contributed by atoms with E-state index in [0.29, 0.717) is 5.92 Å². The number of aliphatic imine (C=N–C) groups is 1. The van der Waals surface area contributed by atoms with Crippen molar-refractivity contribution in [3.63, 3.8) is 0 Å². The monoisotopic (exact) mass is 177 g/mol. The topological polar surface area (TPSA) is 12.4 Å². The average molecular weight is 177 g/mol. The highest BCUT2D eigenvalue weighted by Crippen LogP contribution is 2.45. The van der Waals surface area contributed by atoms with Crippen LogP contribution in [0.15, 0.2) is 29.3 Å². The van der Waals surface area contributed by atoms with Crippen LogP contribution in [0.1, 0.15) is 19.3 Å². The van der Waals surface area contributed by atoms with Gasteiger partial charge in [0, 0.05) is 0 Å². The Morgan fingerprint density at radius 1 is 1.42 bits per heavy atom. The highest BCUT2D eigenvalue weighted by atomic mass is 32.1. The largest absolute Gasteiger partial charge is 0.221 e. The second-order valence-electron chi connectivity index (χ2n) is 3.46. The van der Waals surface area contributed by atoms with Crippen molar-refractivity contribution in [2.75, 3.05) is 0 Å². The van der Waals surface area contributed by atoms with E-state index in [1.165, 1.54) is 12.8 Å². The van der Waals surface area contributed by atoms with Crippen LogP contribution < -0.4 is 0 Å². The van der Waals surface area contributed by atoms with Crippen LogP contribution in [0.4, 0.5) is 0 Å². The van der Waals surface area contributed by atoms with Gasteiger partial charge in [-0.2, -0.15) is 0 Å². The second kappa shape index (κ2) is 2.96. The summed E-state index contributed by atoms with van der Waals surface area (Å²) in [6, 6.07) is 0. The van der Waals surface area contributed by atoms with Gasteiger partial charge in [0.2, 0.25) is 0 Å². The molecule has 0 heterocycles. The van der Waals surface area contributed by atoms with Gasteiger partial charge in [-0.15, -0.1) is 0 Å². The predicted octanol–water partition coefficient (Wildman–Crippen LogP) is 2.75. The molecule has 1 unspecified atom stereocenters. The van der Waals surface area contributed by atoms with Crippen molar-refractivity contribution in [3.05, 3.63) is 24.3 Å². The van der Waals surface area contributed by atoms with Crippen molar-refractivity contribution < 1.29 is 0 Å². The molecule has 12 heavy (non-hydrogen) atoms. The average Bonchev–Trinajstić information content (AvgIpc) is 2.89. The van der Waals surface area contributed by atoms with E-state index in [4.69, 9.17) is 0 Å². The number of isothiocyanates is 1. The summed E-state index contributed by atoms with van der Waals surface area (Å²) in [5.74, 6) is 0.717. The minimum absolute atomic E-state index is 0.0174. The first-order valence-corrected chi connectivity index (χ1v) is 4.72. The molecule has 1 atom stereocenters. The summed E-state index contributed by atoms with van der Waals surface area (Å²) in [6.45, 7) is 0. The van der Waals surface area contributed by atoms with Crippen molar-refractivity contribution in [1.82, 2.24) is 0 Å². The van der Waals surface area contributed by atoms with E-state index >= 15 is 0 Å². The van der Waals surface area contributed by atoms with Gasteiger partial charge >= 0.3 is 0 Å². The summed E-state index contributed by atoms with van der Waals surface area (Å²) < 4.78 is 0. The zero-order valence-corrected chi connectivity index (χ0v) is 7.68. The summed E-state index contributed by atoms with van der Waals surface area (Å²) in [5, 5.41) is 2.52. The maximum absolute atomic E-state index is 4.68. The SMILES string of the molecule is S=C=NC1(C2CC2)C=CC=CC1. The zero-order valence-electron chi connectivity index (χ0n) is 6.86. The van der Waals surface area contributed by atoms with Crippen molar-refractivity contribution in [2.24, 2.45) is 10.9 Å². The quantitative estimate of drug-likeness (QED) is 0.466. The zero-order chi connectivity index (χ0) is 8.44. The van der Waals surface area contributed by atoms with Gasteiger partial charge in [-0.3, -0.25) is 0 Å². The molecule has 0 N–H and O–H groups in total. The van der Waals surface area contributed by atoms with Gasteiger partial charge in [-0.05, 0) is 37.4 Å². The molecule has 0 amide bonds. The Morgan fingerprint density at radius 2 is 2.25 bits per heavy atom. The number of rotatable bonds is 2. The van der Waals surface area contributed by atoms with E-state index in [2.05, 4.69) is 46.7 Å². The number of thiocarbonyl (C=S) groups is 1. The van der Waals surface area contributed by atoms with Crippen molar-refractivity contribution in [3.8, 4) is 0 Å². The lowest BCUT2D eigenvalue weighted by molar-refractivity contribution is 0.471. The van der Waals surface area contributed by atoms with Gasteiger partial charge in [-0.25, -0.2) is 4.99 Å². The Kier molecular flexibility index (Phi) is 1.95. The third-order valence-corrected chi connectivity index (χ3v) is 2.71. The Hall–Kier alpha value is -0.720. The number of hydrogen-bond donors (Lipinski definition) is 0. The van der Waals surface area contributed by atoms with Crippen molar-refractivity contribution in [2.45, 2.75) is 24.8 Å². The smallest absolute Gasteiger partial charge is 0.0955 e. The summed E-state index contributed by atoms with van der Waals surface area (Å²) in [5.41, 5.74) is -0.0174. The maximum atomic E-state index is 4.68. The van der Waals surface area contributed by atoms with Gasteiger partial charge in [0.25, 0.3) is 0 Å². The van der Waals surface area contributed by atoms with Crippen LogP contribution in [-0.2, 0) is 0 Å². The Balaban J connectivity index is 2.27. The summed E-state index contributed by atoms with van der Waals surface area (Å²) in [6.07, 6.45) is 12.0. The number of hydrogen-bond acceptors (Lipinski definition) is 2. The molecule has 1 fully saturated rings. The fraction of sp³-hybridized carbons (Fsp3) is 0.500. The fourth-order valence-electron chi connectivity index (χ4n) is 1.77. The second-order valence-corrected chi connectivity index (χ2v) is 3.64. The van der Waals surface area contributed by atoms with E-state index in [-0.39, 0.29) is 5.54 Å². The molecular weight excluding hydrogens is 166 g/mol. The van der Waals surface area contributed by atoms with E-state index in [1.807, 2.05) is 0 Å². The van der Waals surface area contributed by atoms with Crippen molar-refractivity contribution in [1.29, 1.82) is 0 Å². The third-order valence-electron chi connectivity index (χ3n) is 2.61. The minimum Gasteiger partial charge on any atom is -0.221 e. The lowest BCUT2D eigenvalue weighted by Crippen LogP contribution is -2.26. The first kappa shape index (κ1) is 7.90. The Labute approximate surface area is 77.9 Å². The highest BCUT2D eigenvalue weighted by Gasteiger charge is 2.42. The molecule has 2 heteroatoms. The summed E-state index contributed by atoms with van der Waals surface area (Å²) in [7, 11) is 0. The van der Waals surface area contributed by atoms with Gasteiger partial charge in [0.05, 0.1) is 10.7 Å². The summed E-state index contributed by atoms with van der Waals surface area (Å²) >= 11 is 4.68. The fourth-order valence-corrected chi connectivity index (χ4v) is 1.94. The standard InChI is InChI=1S/C10H11NS/c12-8-11-10(9-4-5-9)6-2-1-3-7-10/h1-3,6,9H,4-5,7H2. The molecule has 0 aromatic heterocycles. The number of allylic oxidation sites excluding steroid dienone is 2. The lowest BCUT2D eigenvalue weighted by atomic mass is 9.87. The van der Waals surface area contributed by atoms with E-state index in [9.17, 15) is 0 Å². The molecule has 0 aromatic carbocycles. The summed E-state index contributed by atoms with van der Waals surface area (Å²) in [4.78, 5) is 4.30. The van der Waals surface area contributed by atoms with Crippen LogP contribution in [0.3, 0.4) is 0 Å². The molecular formula is C10H11NS. The molecule has 0 bridgehead atoms. The first-order valence-electron chi connectivity index (χ1n) is 4.31. The molecule has 0 radical (unpaired) electrons. The van der Waals surface area contributed by atoms with Crippen LogP contribution in [0, 0.1) is 5.92 Å². The molecule has 2 rings (SSSR count). The molecule has 0 spiro atoms. The molecule has 0 aromatic rings. The molecule has 2 aliphatic carbocycles. The Bertz CT molecular complexity index is 282. The normalized spacial score (nSPS) is 33.0. The van der Waals surface area contributed by atoms with Gasteiger partial charge in [0.15, 0.2) is 0 Å². The first-order chi connectivity index (χ1) is 5.87. The van der Waals surface area contributed by atoms with E-state index in [1.54, 1.807) is 0 Å². The molecule has 62 valence electrons. The molecule has 2 aliphatic rings. The molecule has 0 saturated heterocycles. The van der Waals surface area contributed by atoms with Crippen LogP contribution in [0.2, 0.25) is 0 Å². The van der Waals surface area contributed by atoms with Crippen molar-refractivity contribution >= 4 is 17.4 Å². The van der Waals surface area contributed by atoms with E-state index < -0.39 is 0 Å².